The minimum absolute atomic E-state index is 0.0264. The van der Waals surface area contributed by atoms with E-state index in [-0.39, 0.29) is 36.5 Å². The molecule has 2 N–H and O–H groups in total. The van der Waals surface area contributed by atoms with Gasteiger partial charge < -0.3 is 20.3 Å². The number of nitrogen functional groups attached to an aromatic ring is 1. The number of carbonyl (C=O) groups is 2. The van der Waals surface area contributed by atoms with Gasteiger partial charge >= 0.3 is 0 Å². The number of hydrogen-bond acceptors (Lipinski definition) is 6. The van der Waals surface area contributed by atoms with E-state index < -0.39 is 0 Å². The van der Waals surface area contributed by atoms with Crippen molar-refractivity contribution in [2.45, 2.75) is 0 Å². The molecule has 1 aliphatic rings. The number of methoxy groups -OCH3 is 1. The molecule has 8 heteroatoms. The Bertz CT molecular complexity index is 493. The van der Waals surface area contributed by atoms with Crippen molar-refractivity contribution in [2.75, 3.05) is 39.2 Å². The van der Waals surface area contributed by atoms with Gasteiger partial charge in [-0.25, -0.2) is 9.97 Å². The summed E-state index contributed by atoms with van der Waals surface area (Å²) >= 11 is 0. The Hall–Kier alpha value is -2.22. The number of aromatic nitrogens is 2. The van der Waals surface area contributed by atoms with Gasteiger partial charge in [0.15, 0.2) is 11.5 Å². The zero-order valence-electron chi connectivity index (χ0n) is 10.6. The topological polar surface area (TPSA) is 102 Å². The molecule has 0 saturated carbocycles. The van der Waals surface area contributed by atoms with E-state index >= 15 is 0 Å². The van der Waals surface area contributed by atoms with Crippen LogP contribution in [0.2, 0.25) is 0 Å². The molecule has 102 valence electrons. The van der Waals surface area contributed by atoms with Gasteiger partial charge in [-0.1, -0.05) is 0 Å². The van der Waals surface area contributed by atoms with Gasteiger partial charge in [-0.3, -0.25) is 9.59 Å². The Morgan fingerprint density at radius 1 is 1.47 bits per heavy atom. The van der Waals surface area contributed by atoms with Crippen LogP contribution in [-0.2, 0) is 9.53 Å². The molecule has 1 aliphatic heterocycles. The van der Waals surface area contributed by atoms with Gasteiger partial charge in [-0.05, 0) is 0 Å². The first-order chi connectivity index (χ1) is 9.13. The summed E-state index contributed by atoms with van der Waals surface area (Å²) in [6.07, 6.45) is 2.80. The van der Waals surface area contributed by atoms with Crippen LogP contribution in [0.15, 0.2) is 12.4 Å². The lowest BCUT2D eigenvalue weighted by molar-refractivity contribution is -0.127. The normalized spacial score (nSPS) is 15.1. The third-order valence-electron chi connectivity index (χ3n) is 2.80. The van der Waals surface area contributed by atoms with Crippen LogP contribution < -0.4 is 5.73 Å². The molecule has 2 heterocycles. The van der Waals surface area contributed by atoms with Gasteiger partial charge in [0.2, 0.25) is 5.91 Å². The molecule has 0 bridgehead atoms. The number of amides is 2. The Kier molecular flexibility index (Phi) is 3.91. The third kappa shape index (κ3) is 2.79. The Labute approximate surface area is 110 Å². The average Bonchev–Trinajstić information content (AvgIpc) is 2.77. The number of carbonyl (C=O) groups excluding carboxylic acids is 2. The second kappa shape index (κ2) is 5.61. The van der Waals surface area contributed by atoms with Crippen molar-refractivity contribution < 1.29 is 14.3 Å². The van der Waals surface area contributed by atoms with Crippen molar-refractivity contribution >= 4 is 17.6 Å². The molecule has 0 unspecified atom stereocenters. The number of nitrogens with two attached hydrogens (primary N) is 1. The smallest absolute Gasteiger partial charge is 0.278 e. The van der Waals surface area contributed by atoms with Crippen molar-refractivity contribution in [1.82, 2.24) is 19.8 Å². The van der Waals surface area contributed by atoms with E-state index in [1.807, 2.05) is 0 Å². The first-order valence-corrected chi connectivity index (χ1v) is 5.76. The quantitative estimate of drug-likeness (QED) is 0.745. The number of hydrogen-bond donors (Lipinski definition) is 1. The number of anilines is 1. The molecule has 8 nitrogen and oxygen atoms in total. The van der Waals surface area contributed by atoms with Crippen molar-refractivity contribution in [1.29, 1.82) is 0 Å². The maximum absolute atomic E-state index is 12.2. The Morgan fingerprint density at radius 2 is 2.21 bits per heavy atom. The predicted octanol–water partition coefficient (Wildman–Crippen LogP) is -1.05. The summed E-state index contributed by atoms with van der Waals surface area (Å²) in [5.41, 5.74) is 5.67. The molecule has 2 rings (SSSR count). The summed E-state index contributed by atoms with van der Waals surface area (Å²) < 4.78 is 4.91. The average molecular weight is 265 g/mol. The van der Waals surface area contributed by atoms with Crippen LogP contribution in [-0.4, -0.2) is 65.1 Å². The van der Waals surface area contributed by atoms with Gasteiger partial charge in [0.1, 0.15) is 6.54 Å². The second-order valence-corrected chi connectivity index (χ2v) is 4.08. The highest BCUT2D eigenvalue weighted by molar-refractivity contribution is 5.99. The van der Waals surface area contributed by atoms with Gasteiger partial charge in [0.05, 0.1) is 13.3 Å². The maximum Gasteiger partial charge on any atom is 0.278 e. The van der Waals surface area contributed by atoms with Crippen molar-refractivity contribution in [3.63, 3.8) is 0 Å². The molecule has 0 radical (unpaired) electrons. The van der Waals surface area contributed by atoms with Crippen LogP contribution in [0, 0.1) is 0 Å². The molecular formula is C11H15N5O3. The fourth-order valence-corrected chi connectivity index (χ4v) is 1.79. The SMILES string of the molecule is COCCN1CN(C(=O)c2nccnc2N)CC1=O. The highest BCUT2D eigenvalue weighted by Crippen LogP contribution is 2.13. The van der Waals surface area contributed by atoms with Crippen LogP contribution >= 0.6 is 0 Å². The standard InChI is InChI=1S/C11H15N5O3/c1-19-5-4-15-7-16(6-8(15)17)11(18)9-10(12)14-3-2-13-9/h2-3H,4-7H2,1H3,(H2,12,14). The van der Waals surface area contributed by atoms with Crippen molar-refractivity contribution in [3.8, 4) is 0 Å². The van der Waals surface area contributed by atoms with E-state index in [0.717, 1.165) is 0 Å². The summed E-state index contributed by atoms with van der Waals surface area (Å²) in [4.78, 5) is 34.5. The summed E-state index contributed by atoms with van der Waals surface area (Å²) in [5, 5.41) is 0. The number of nitrogens with zero attached hydrogens (tertiary/aromatic N) is 4. The lowest BCUT2D eigenvalue weighted by atomic mass is 10.3. The van der Waals surface area contributed by atoms with Gasteiger partial charge in [0, 0.05) is 26.0 Å². The van der Waals surface area contributed by atoms with Crippen molar-refractivity contribution in [3.05, 3.63) is 18.1 Å². The van der Waals surface area contributed by atoms with E-state index in [9.17, 15) is 9.59 Å². The molecule has 1 aromatic heterocycles. The molecule has 2 amide bonds. The van der Waals surface area contributed by atoms with Crippen LogP contribution in [0.4, 0.5) is 5.82 Å². The molecule has 0 atom stereocenters. The van der Waals surface area contributed by atoms with Crippen LogP contribution in [0.3, 0.4) is 0 Å². The maximum atomic E-state index is 12.2. The molecule has 19 heavy (non-hydrogen) atoms. The fourth-order valence-electron chi connectivity index (χ4n) is 1.79. The number of rotatable bonds is 4. The highest BCUT2D eigenvalue weighted by Gasteiger charge is 2.32. The van der Waals surface area contributed by atoms with Crippen LogP contribution in [0.5, 0.6) is 0 Å². The summed E-state index contributed by atoms with van der Waals surface area (Å²) in [7, 11) is 1.56. The molecule has 1 fully saturated rings. The minimum Gasteiger partial charge on any atom is -0.383 e. The Morgan fingerprint density at radius 3 is 2.89 bits per heavy atom. The van der Waals surface area contributed by atoms with Crippen molar-refractivity contribution in [2.24, 2.45) is 0 Å². The monoisotopic (exact) mass is 265 g/mol. The molecular weight excluding hydrogens is 250 g/mol. The summed E-state index contributed by atoms with van der Waals surface area (Å²) in [6, 6.07) is 0. The lowest BCUT2D eigenvalue weighted by Gasteiger charge is -2.17. The van der Waals surface area contributed by atoms with E-state index in [2.05, 4.69) is 9.97 Å². The largest absolute Gasteiger partial charge is 0.383 e. The first-order valence-electron chi connectivity index (χ1n) is 5.76. The fraction of sp³-hybridized carbons (Fsp3) is 0.455. The molecule has 0 aromatic carbocycles. The Balaban J connectivity index is 2.06. The summed E-state index contributed by atoms with van der Waals surface area (Å²) in [6.45, 7) is 1.13. The van der Waals surface area contributed by atoms with Crippen LogP contribution in [0.1, 0.15) is 10.5 Å². The van der Waals surface area contributed by atoms with E-state index in [4.69, 9.17) is 10.5 Å². The second-order valence-electron chi connectivity index (χ2n) is 4.08. The van der Waals surface area contributed by atoms with E-state index in [0.29, 0.717) is 13.2 Å². The molecule has 0 spiro atoms. The van der Waals surface area contributed by atoms with E-state index in [1.54, 1.807) is 12.0 Å². The lowest BCUT2D eigenvalue weighted by Crippen LogP contribution is -2.33. The zero-order valence-corrected chi connectivity index (χ0v) is 10.6. The molecule has 1 aromatic rings. The first kappa shape index (κ1) is 13.2. The molecule has 1 saturated heterocycles. The van der Waals surface area contributed by atoms with Gasteiger partial charge in [-0.2, -0.15) is 0 Å². The summed E-state index contributed by atoms with van der Waals surface area (Å²) in [5.74, 6) is -0.443. The highest BCUT2D eigenvalue weighted by atomic mass is 16.5. The third-order valence-corrected chi connectivity index (χ3v) is 2.80. The predicted molar refractivity (Wildman–Crippen MR) is 65.9 cm³/mol. The molecule has 0 aliphatic carbocycles. The zero-order chi connectivity index (χ0) is 13.8. The minimum atomic E-state index is -0.390. The number of ether oxygens (including phenoxy) is 1. The van der Waals surface area contributed by atoms with E-state index in [1.165, 1.54) is 17.3 Å². The van der Waals surface area contributed by atoms with Crippen LogP contribution in [0.25, 0.3) is 0 Å². The van der Waals surface area contributed by atoms with Gasteiger partial charge in [-0.15, -0.1) is 0 Å². The van der Waals surface area contributed by atoms with Gasteiger partial charge in [0.25, 0.3) is 5.91 Å².